The van der Waals surface area contributed by atoms with Crippen molar-refractivity contribution in [1.82, 2.24) is 0 Å². The molecular weight excluding hydrogens is 334 g/mol. The maximum absolute atomic E-state index is 12.8. The van der Waals surface area contributed by atoms with Crippen LogP contribution >= 0.6 is 0 Å². The van der Waals surface area contributed by atoms with E-state index in [4.69, 9.17) is 14.2 Å². The number of nitrogens with one attached hydrogen (secondary N) is 1. The average Bonchev–Trinajstić information content (AvgIpc) is 2.95. The molecule has 1 amide bonds. The second kappa shape index (κ2) is 6.92. The smallest absolute Gasteiger partial charge is 0.256 e. The van der Waals surface area contributed by atoms with Gasteiger partial charge in [0.2, 0.25) is 5.75 Å². The Balaban J connectivity index is 2.05. The Kier molecular flexibility index (Phi) is 4.67. The minimum atomic E-state index is -0.330. The molecule has 0 atom stereocenters. The number of methoxy groups -OCH3 is 3. The molecule has 1 N–H and O–H groups in total. The highest BCUT2D eigenvalue weighted by Gasteiger charge is 2.25. The predicted octanol–water partition coefficient (Wildman–Crippen LogP) is 3.24. The van der Waals surface area contributed by atoms with Gasteiger partial charge < -0.3 is 19.5 Å². The summed E-state index contributed by atoms with van der Waals surface area (Å²) in [7, 11) is 4.45. The normalized spacial score (nSPS) is 14.0. The Hall–Kier alpha value is -3.28. The zero-order valence-corrected chi connectivity index (χ0v) is 15.0. The highest BCUT2D eigenvalue weighted by atomic mass is 16.5. The van der Waals surface area contributed by atoms with Gasteiger partial charge in [0.1, 0.15) is 0 Å². The number of carbonyl (C=O) groups is 2. The molecule has 6 nitrogen and oxygen atoms in total. The minimum Gasteiger partial charge on any atom is -0.493 e. The Morgan fingerprint density at radius 3 is 2.23 bits per heavy atom. The van der Waals surface area contributed by atoms with Gasteiger partial charge in [0.25, 0.3) is 5.91 Å². The largest absolute Gasteiger partial charge is 0.493 e. The molecule has 0 radical (unpaired) electrons. The van der Waals surface area contributed by atoms with Crippen molar-refractivity contribution in [3.63, 3.8) is 0 Å². The van der Waals surface area contributed by atoms with E-state index in [0.29, 0.717) is 34.1 Å². The summed E-state index contributed by atoms with van der Waals surface area (Å²) in [6, 6.07) is 8.73. The molecule has 0 saturated heterocycles. The first kappa shape index (κ1) is 17.5. The predicted molar refractivity (Wildman–Crippen MR) is 98.2 cm³/mol. The third kappa shape index (κ3) is 3.01. The minimum absolute atomic E-state index is 0.300. The lowest BCUT2D eigenvalue weighted by Crippen LogP contribution is -2.06. The molecule has 0 spiro atoms. The Morgan fingerprint density at radius 1 is 1.00 bits per heavy atom. The Morgan fingerprint density at radius 2 is 1.65 bits per heavy atom. The molecule has 0 fully saturated rings. The number of rotatable bonds is 5. The average molecular weight is 353 g/mol. The molecule has 2 aromatic carbocycles. The van der Waals surface area contributed by atoms with E-state index >= 15 is 0 Å². The van der Waals surface area contributed by atoms with Crippen LogP contribution in [-0.4, -0.2) is 33.0 Å². The van der Waals surface area contributed by atoms with E-state index in [1.54, 1.807) is 12.1 Å². The van der Waals surface area contributed by atoms with Crippen molar-refractivity contribution in [2.45, 2.75) is 6.92 Å². The number of ketones is 1. The van der Waals surface area contributed by atoms with E-state index in [2.05, 4.69) is 5.32 Å². The molecule has 0 saturated carbocycles. The molecular formula is C20H19NO5. The van der Waals surface area contributed by atoms with Crippen molar-refractivity contribution in [2.24, 2.45) is 0 Å². The van der Waals surface area contributed by atoms with Gasteiger partial charge in [-0.2, -0.15) is 0 Å². The van der Waals surface area contributed by atoms with Crippen molar-refractivity contribution in [3.05, 3.63) is 53.1 Å². The second-order valence-corrected chi connectivity index (χ2v) is 5.84. The monoisotopic (exact) mass is 353 g/mol. The van der Waals surface area contributed by atoms with Gasteiger partial charge in [-0.15, -0.1) is 0 Å². The quantitative estimate of drug-likeness (QED) is 0.660. The molecule has 1 aliphatic rings. The number of allylic oxidation sites excluding steroid dienone is 1. The van der Waals surface area contributed by atoms with Crippen molar-refractivity contribution < 1.29 is 23.8 Å². The third-order valence-corrected chi connectivity index (χ3v) is 4.18. The van der Waals surface area contributed by atoms with E-state index in [-0.39, 0.29) is 11.7 Å². The van der Waals surface area contributed by atoms with Crippen LogP contribution in [0.2, 0.25) is 0 Å². The van der Waals surface area contributed by atoms with Crippen LogP contribution in [0, 0.1) is 6.92 Å². The van der Waals surface area contributed by atoms with Crippen LogP contribution in [0.4, 0.5) is 5.69 Å². The van der Waals surface area contributed by atoms with Crippen LogP contribution in [0.5, 0.6) is 17.2 Å². The summed E-state index contributed by atoms with van der Waals surface area (Å²) in [5, 5.41) is 2.77. The van der Waals surface area contributed by atoms with Gasteiger partial charge in [0.05, 0.1) is 26.9 Å². The lowest BCUT2D eigenvalue weighted by molar-refractivity contribution is -0.110. The summed E-state index contributed by atoms with van der Waals surface area (Å²) in [5.74, 6) is 0.523. The second-order valence-electron chi connectivity index (χ2n) is 5.84. The van der Waals surface area contributed by atoms with Gasteiger partial charge in [-0.1, -0.05) is 11.6 Å². The summed E-state index contributed by atoms with van der Waals surface area (Å²) in [6.07, 6.45) is 1.33. The number of aryl methyl sites for hydroxylation is 1. The maximum Gasteiger partial charge on any atom is 0.256 e. The van der Waals surface area contributed by atoms with Crippen LogP contribution in [0.15, 0.2) is 36.4 Å². The third-order valence-electron chi connectivity index (χ3n) is 4.18. The molecule has 0 bridgehead atoms. The zero-order valence-electron chi connectivity index (χ0n) is 15.0. The van der Waals surface area contributed by atoms with Gasteiger partial charge in [0, 0.05) is 16.8 Å². The molecule has 6 heteroatoms. The first-order valence-electron chi connectivity index (χ1n) is 7.97. The Labute approximate surface area is 151 Å². The summed E-state index contributed by atoms with van der Waals surface area (Å²) in [4.78, 5) is 25.0. The van der Waals surface area contributed by atoms with Crippen LogP contribution in [0.25, 0.3) is 5.57 Å². The molecule has 1 aliphatic heterocycles. The van der Waals surface area contributed by atoms with Crippen molar-refractivity contribution in [2.75, 3.05) is 26.6 Å². The molecule has 0 aromatic heterocycles. The summed E-state index contributed by atoms with van der Waals surface area (Å²) >= 11 is 0. The standard InChI is InChI=1S/C20H19NO5/c1-11-5-6-15-13(7-11)14(20(23)21-15)10-16(22)12-8-17(24-2)19(26-4)18(9-12)25-3/h5-10H,1-4H3,(H,21,23). The molecule has 3 rings (SSSR count). The van der Waals surface area contributed by atoms with E-state index in [0.717, 1.165) is 11.1 Å². The van der Waals surface area contributed by atoms with Gasteiger partial charge in [-0.25, -0.2) is 0 Å². The van der Waals surface area contributed by atoms with E-state index in [1.807, 2.05) is 25.1 Å². The van der Waals surface area contributed by atoms with Gasteiger partial charge in [0.15, 0.2) is 17.3 Å². The fraction of sp³-hybridized carbons (Fsp3) is 0.200. The highest BCUT2D eigenvalue weighted by molar-refractivity contribution is 6.35. The first-order chi connectivity index (χ1) is 12.5. The van der Waals surface area contributed by atoms with Crippen LogP contribution in [-0.2, 0) is 4.79 Å². The first-order valence-corrected chi connectivity index (χ1v) is 7.97. The van der Waals surface area contributed by atoms with Crippen molar-refractivity contribution in [3.8, 4) is 17.2 Å². The van der Waals surface area contributed by atoms with Gasteiger partial charge in [-0.05, 0) is 37.3 Å². The summed E-state index contributed by atoms with van der Waals surface area (Å²) in [5.41, 5.74) is 3.09. The SMILES string of the molecule is COc1cc(C(=O)C=C2C(=O)Nc3ccc(C)cc32)cc(OC)c1OC. The molecule has 2 aromatic rings. The van der Waals surface area contributed by atoms with Crippen LogP contribution in [0.3, 0.4) is 0 Å². The fourth-order valence-corrected chi connectivity index (χ4v) is 2.88. The van der Waals surface area contributed by atoms with Crippen LogP contribution < -0.4 is 19.5 Å². The lowest BCUT2D eigenvalue weighted by Gasteiger charge is -2.13. The molecule has 26 heavy (non-hydrogen) atoms. The number of carbonyl (C=O) groups excluding carboxylic acids is 2. The van der Waals surface area contributed by atoms with Crippen molar-refractivity contribution >= 4 is 23.0 Å². The summed E-state index contributed by atoms with van der Waals surface area (Å²) < 4.78 is 15.8. The fourth-order valence-electron chi connectivity index (χ4n) is 2.88. The van der Waals surface area contributed by atoms with Gasteiger partial charge in [-0.3, -0.25) is 9.59 Å². The highest BCUT2D eigenvalue weighted by Crippen LogP contribution is 2.39. The van der Waals surface area contributed by atoms with E-state index < -0.39 is 0 Å². The van der Waals surface area contributed by atoms with Crippen molar-refractivity contribution in [1.29, 1.82) is 0 Å². The number of hydrogen-bond acceptors (Lipinski definition) is 5. The topological polar surface area (TPSA) is 73.9 Å². The van der Waals surface area contributed by atoms with Gasteiger partial charge >= 0.3 is 0 Å². The number of fused-ring (bicyclic) bond motifs is 1. The number of benzene rings is 2. The zero-order chi connectivity index (χ0) is 18.8. The molecule has 134 valence electrons. The van der Waals surface area contributed by atoms with E-state index in [9.17, 15) is 9.59 Å². The molecule has 0 aliphatic carbocycles. The van der Waals surface area contributed by atoms with Crippen LogP contribution in [0.1, 0.15) is 21.5 Å². The number of amides is 1. The number of hydrogen-bond donors (Lipinski definition) is 1. The summed E-state index contributed by atoms with van der Waals surface area (Å²) in [6.45, 7) is 1.93. The maximum atomic E-state index is 12.8. The molecule has 0 unspecified atom stereocenters. The Bertz CT molecular complexity index is 905. The molecule has 1 heterocycles. The number of ether oxygens (including phenoxy) is 3. The number of anilines is 1. The van der Waals surface area contributed by atoms with E-state index in [1.165, 1.54) is 27.4 Å². The lowest BCUT2D eigenvalue weighted by atomic mass is 10.0.